The van der Waals surface area contributed by atoms with E-state index in [1.165, 1.54) is 5.56 Å². The van der Waals surface area contributed by atoms with Crippen LogP contribution in [0.1, 0.15) is 23.6 Å². The van der Waals surface area contributed by atoms with Gasteiger partial charge in [-0.2, -0.15) is 5.10 Å². The second kappa shape index (κ2) is 9.03. The highest BCUT2D eigenvalue weighted by Gasteiger charge is 2.30. The van der Waals surface area contributed by atoms with Gasteiger partial charge in [-0.1, -0.05) is 65.7 Å². The third-order valence-corrected chi connectivity index (χ3v) is 5.81. The average molecular weight is 459 g/mol. The van der Waals surface area contributed by atoms with Crippen molar-refractivity contribution in [2.45, 2.75) is 12.5 Å². The summed E-state index contributed by atoms with van der Waals surface area (Å²) >= 11 is 12.6. The molecule has 2 heterocycles. The van der Waals surface area contributed by atoms with E-state index in [9.17, 15) is 0 Å². The maximum atomic E-state index is 6.30. The zero-order valence-corrected chi connectivity index (χ0v) is 18.6. The van der Waals surface area contributed by atoms with E-state index in [1.54, 1.807) is 18.5 Å². The molecule has 3 aromatic carbocycles. The Hall–Kier alpha value is -3.34. The number of aromatic nitrogens is 1. The van der Waals surface area contributed by atoms with E-state index in [0.29, 0.717) is 10.0 Å². The van der Waals surface area contributed by atoms with Crippen LogP contribution in [-0.2, 0) is 0 Å². The monoisotopic (exact) mass is 458 g/mol. The number of hydrazone groups is 1. The molecule has 0 aliphatic carbocycles. The lowest BCUT2D eigenvalue weighted by Gasteiger charge is -2.24. The summed E-state index contributed by atoms with van der Waals surface area (Å²) in [7, 11) is 0. The fourth-order valence-corrected chi connectivity index (χ4v) is 4.42. The standard InChI is InChI=1S/C26H20Cl2N4/c27-20-14-21(28)16-24(15-20)32-26(18-5-2-1-3-6-18)17-25(31-32)19-7-4-8-23(13-19)30-22-9-11-29-12-10-22/h1-16,26H,17H2,(H,29,30). The van der Waals surface area contributed by atoms with Crippen LogP contribution in [0.15, 0.2) is 102 Å². The molecule has 0 saturated carbocycles. The molecule has 0 amide bonds. The van der Waals surface area contributed by atoms with Crippen LogP contribution in [-0.4, -0.2) is 10.7 Å². The molecule has 4 nitrogen and oxygen atoms in total. The third-order valence-electron chi connectivity index (χ3n) is 5.37. The SMILES string of the molecule is Clc1cc(Cl)cc(N2N=C(c3cccc(Nc4ccncc4)c3)CC2c2ccccc2)c1. The van der Waals surface area contributed by atoms with E-state index < -0.39 is 0 Å². The highest BCUT2D eigenvalue weighted by molar-refractivity contribution is 6.35. The summed E-state index contributed by atoms with van der Waals surface area (Å²) in [5, 5.41) is 11.6. The van der Waals surface area contributed by atoms with E-state index >= 15 is 0 Å². The fraction of sp³-hybridized carbons (Fsp3) is 0.0769. The van der Waals surface area contributed by atoms with Gasteiger partial charge in [-0.15, -0.1) is 0 Å². The molecule has 0 spiro atoms. The van der Waals surface area contributed by atoms with Gasteiger partial charge in [-0.05, 0) is 53.6 Å². The van der Waals surface area contributed by atoms with E-state index in [2.05, 4.69) is 46.7 Å². The first-order valence-corrected chi connectivity index (χ1v) is 11.1. The van der Waals surface area contributed by atoms with Gasteiger partial charge in [0, 0.05) is 40.2 Å². The number of rotatable bonds is 5. The molecule has 1 aromatic heterocycles. The maximum absolute atomic E-state index is 6.30. The fourth-order valence-electron chi connectivity index (χ4n) is 3.91. The Balaban J connectivity index is 1.51. The van der Waals surface area contributed by atoms with E-state index in [4.69, 9.17) is 28.3 Å². The topological polar surface area (TPSA) is 40.5 Å². The molecule has 0 fully saturated rings. The zero-order valence-electron chi connectivity index (χ0n) is 17.1. The van der Waals surface area contributed by atoms with Crippen LogP contribution in [0.2, 0.25) is 10.0 Å². The molecule has 0 bridgehead atoms. The highest BCUT2D eigenvalue weighted by atomic mass is 35.5. The molecule has 1 atom stereocenters. The Morgan fingerprint density at radius 1 is 0.781 bits per heavy atom. The quantitative estimate of drug-likeness (QED) is 0.336. The van der Waals surface area contributed by atoms with E-state index in [0.717, 1.165) is 34.8 Å². The number of benzene rings is 3. The van der Waals surface area contributed by atoms with Gasteiger partial charge in [-0.25, -0.2) is 0 Å². The second-order valence-electron chi connectivity index (χ2n) is 7.59. The second-order valence-corrected chi connectivity index (χ2v) is 8.46. The average Bonchev–Trinajstić information content (AvgIpc) is 3.26. The van der Waals surface area contributed by atoms with Crippen molar-refractivity contribution >= 4 is 46.0 Å². The number of halogens is 2. The summed E-state index contributed by atoms with van der Waals surface area (Å²) in [5.41, 5.74) is 6.12. The zero-order chi connectivity index (χ0) is 21.9. The normalized spacial score (nSPS) is 15.5. The molecule has 1 aliphatic rings. The molecule has 1 aliphatic heterocycles. The van der Waals surface area contributed by atoms with Crippen LogP contribution < -0.4 is 10.3 Å². The molecular formula is C26H20Cl2N4. The number of pyridine rings is 1. The highest BCUT2D eigenvalue weighted by Crippen LogP contribution is 2.39. The van der Waals surface area contributed by atoms with Crippen LogP contribution in [0.4, 0.5) is 17.1 Å². The van der Waals surface area contributed by atoms with Crippen LogP contribution in [0.5, 0.6) is 0 Å². The molecule has 6 heteroatoms. The van der Waals surface area contributed by atoms with Gasteiger partial charge in [-0.3, -0.25) is 9.99 Å². The van der Waals surface area contributed by atoms with Crippen molar-refractivity contribution in [2.75, 3.05) is 10.3 Å². The van der Waals surface area contributed by atoms with Crippen LogP contribution in [0.25, 0.3) is 0 Å². The molecule has 0 saturated heterocycles. The number of nitrogens with one attached hydrogen (secondary N) is 1. The maximum Gasteiger partial charge on any atom is 0.0831 e. The first-order valence-electron chi connectivity index (χ1n) is 10.3. The lowest BCUT2D eigenvalue weighted by Crippen LogP contribution is -2.18. The van der Waals surface area contributed by atoms with Crippen molar-refractivity contribution in [1.82, 2.24) is 4.98 Å². The first kappa shape index (κ1) is 20.6. The summed E-state index contributed by atoms with van der Waals surface area (Å²) in [5.74, 6) is 0. The molecular weight excluding hydrogens is 439 g/mol. The molecule has 1 unspecified atom stereocenters. The molecule has 0 radical (unpaired) electrons. The Labute approximate surface area is 197 Å². The minimum atomic E-state index is 0.0533. The number of nitrogens with zero attached hydrogens (tertiary/aromatic N) is 3. The van der Waals surface area contributed by atoms with Gasteiger partial charge in [0.25, 0.3) is 0 Å². The first-order chi connectivity index (χ1) is 15.7. The van der Waals surface area contributed by atoms with Gasteiger partial charge < -0.3 is 5.32 Å². The van der Waals surface area contributed by atoms with Gasteiger partial charge >= 0.3 is 0 Å². The van der Waals surface area contributed by atoms with Gasteiger partial charge in [0.15, 0.2) is 0 Å². The summed E-state index contributed by atoms with van der Waals surface area (Å²) in [6.45, 7) is 0. The Bertz CT molecular complexity index is 1240. The van der Waals surface area contributed by atoms with Crippen molar-refractivity contribution in [3.05, 3.63) is 118 Å². The van der Waals surface area contributed by atoms with E-state index in [-0.39, 0.29) is 6.04 Å². The summed E-state index contributed by atoms with van der Waals surface area (Å²) in [6, 6.07) is 28.1. The summed E-state index contributed by atoms with van der Waals surface area (Å²) < 4.78 is 0. The Morgan fingerprint density at radius 2 is 1.53 bits per heavy atom. The Kier molecular flexibility index (Phi) is 5.80. The van der Waals surface area contributed by atoms with Crippen molar-refractivity contribution in [3.63, 3.8) is 0 Å². The molecule has 32 heavy (non-hydrogen) atoms. The number of hydrogen-bond donors (Lipinski definition) is 1. The lowest BCUT2D eigenvalue weighted by molar-refractivity contribution is 0.709. The summed E-state index contributed by atoms with van der Waals surface area (Å²) in [6.07, 6.45) is 4.31. The molecule has 1 N–H and O–H groups in total. The van der Waals surface area contributed by atoms with Gasteiger partial charge in [0.05, 0.1) is 17.4 Å². The molecule has 5 rings (SSSR count). The van der Waals surface area contributed by atoms with Gasteiger partial charge in [0.2, 0.25) is 0 Å². The Morgan fingerprint density at radius 3 is 2.28 bits per heavy atom. The number of anilines is 3. The summed E-state index contributed by atoms with van der Waals surface area (Å²) in [4.78, 5) is 4.07. The lowest BCUT2D eigenvalue weighted by atomic mass is 9.98. The largest absolute Gasteiger partial charge is 0.355 e. The number of hydrogen-bond acceptors (Lipinski definition) is 4. The van der Waals surface area contributed by atoms with Crippen molar-refractivity contribution in [2.24, 2.45) is 5.10 Å². The minimum absolute atomic E-state index is 0.0533. The van der Waals surface area contributed by atoms with Crippen molar-refractivity contribution < 1.29 is 0 Å². The van der Waals surface area contributed by atoms with Gasteiger partial charge in [0.1, 0.15) is 0 Å². The predicted molar refractivity (Wildman–Crippen MR) is 133 cm³/mol. The third kappa shape index (κ3) is 4.47. The molecule has 4 aromatic rings. The van der Waals surface area contributed by atoms with Crippen molar-refractivity contribution in [1.29, 1.82) is 0 Å². The smallest absolute Gasteiger partial charge is 0.0831 e. The van der Waals surface area contributed by atoms with Crippen molar-refractivity contribution in [3.8, 4) is 0 Å². The van der Waals surface area contributed by atoms with Crippen LogP contribution in [0.3, 0.4) is 0 Å². The van der Waals surface area contributed by atoms with E-state index in [1.807, 2.05) is 47.5 Å². The minimum Gasteiger partial charge on any atom is -0.355 e. The predicted octanol–water partition coefficient (Wildman–Crippen LogP) is 7.49. The van der Waals surface area contributed by atoms with Crippen LogP contribution in [0, 0.1) is 0 Å². The van der Waals surface area contributed by atoms with Crippen LogP contribution >= 0.6 is 23.2 Å². The molecule has 158 valence electrons.